The van der Waals surface area contributed by atoms with Gasteiger partial charge in [-0.25, -0.2) is 0 Å². The molecule has 7 nitrogen and oxygen atoms in total. The number of carbonyl (C=O) groups is 1. The van der Waals surface area contributed by atoms with Crippen LogP contribution in [0.1, 0.15) is 40.0 Å². The normalized spacial score (nSPS) is 17.8. The van der Waals surface area contributed by atoms with E-state index in [0.717, 1.165) is 49.9 Å². The average molecular weight is 424 g/mol. The standard InChI is InChI=1S/C21H34ClN5O2/c1-5-15(3)25-20(28)9-11-24-21(23-6-2)26-17-10-12-27(14-17)18-13-16(22)7-8-19(18)29-4/h7-8,13,15,17H,5-6,9-12,14H2,1-4H3,(H,25,28)(H2,23,24,26). The van der Waals surface area contributed by atoms with E-state index in [-0.39, 0.29) is 18.0 Å². The number of methoxy groups -OCH3 is 1. The minimum Gasteiger partial charge on any atom is -0.495 e. The molecule has 0 saturated carbocycles. The van der Waals surface area contributed by atoms with E-state index in [0.29, 0.717) is 18.0 Å². The number of nitrogens with one attached hydrogen (secondary N) is 3. The van der Waals surface area contributed by atoms with Crippen LogP contribution in [0.25, 0.3) is 0 Å². The van der Waals surface area contributed by atoms with Gasteiger partial charge >= 0.3 is 0 Å². The molecule has 1 aromatic rings. The first-order valence-corrected chi connectivity index (χ1v) is 10.8. The Morgan fingerprint density at radius 1 is 1.41 bits per heavy atom. The van der Waals surface area contributed by atoms with Crippen LogP contribution in [0, 0.1) is 0 Å². The van der Waals surface area contributed by atoms with Gasteiger partial charge in [-0.2, -0.15) is 0 Å². The van der Waals surface area contributed by atoms with Gasteiger partial charge in [-0.3, -0.25) is 9.79 Å². The topological polar surface area (TPSA) is 78.0 Å². The molecule has 8 heteroatoms. The molecule has 1 aliphatic heterocycles. The summed E-state index contributed by atoms with van der Waals surface area (Å²) in [6.45, 7) is 9.05. The van der Waals surface area contributed by atoms with Crippen LogP contribution >= 0.6 is 11.6 Å². The van der Waals surface area contributed by atoms with Gasteiger partial charge in [-0.1, -0.05) is 18.5 Å². The Kier molecular flexibility index (Phi) is 9.38. The maximum Gasteiger partial charge on any atom is 0.222 e. The summed E-state index contributed by atoms with van der Waals surface area (Å²) in [7, 11) is 1.67. The summed E-state index contributed by atoms with van der Waals surface area (Å²) in [4.78, 5) is 18.8. The van der Waals surface area contributed by atoms with Crippen molar-refractivity contribution in [1.29, 1.82) is 0 Å². The maximum atomic E-state index is 11.9. The number of hydrogen-bond acceptors (Lipinski definition) is 4. The lowest BCUT2D eigenvalue weighted by atomic mass is 10.2. The van der Waals surface area contributed by atoms with Crippen LogP contribution < -0.4 is 25.6 Å². The number of halogens is 1. The van der Waals surface area contributed by atoms with Crippen LogP contribution in [0.15, 0.2) is 23.2 Å². The van der Waals surface area contributed by atoms with Crippen molar-refractivity contribution in [2.75, 3.05) is 38.2 Å². The summed E-state index contributed by atoms with van der Waals surface area (Å²) < 4.78 is 5.48. The maximum absolute atomic E-state index is 11.9. The average Bonchev–Trinajstić information content (AvgIpc) is 3.16. The summed E-state index contributed by atoms with van der Waals surface area (Å²) in [5.41, 5.74) is 1.01. The third-order valence-corrected chi connectivity index (χ3v) is 5.22. The van der Waals surface area contributed by atoms with Crippen molar-refractivity contribution in [3.63, 3.8) is 0 Å². The van der Waals surface area contributed by atoms with E-state index in [2.05, 4.69) is 32.8 Å². The van der Waals surface area contributed by atoms with E-state index in [4.69, 9.17) is 16.3 Å². The van der Waals surface area contributed by atoms with E-state index < -0.39 is 0 Å². The van der Waals surface area contributed by atoms with Crippen molar-refractivity contribution in [2.45, 2.75) is 52.1 Å². The minimum atomic E-state index is 0.0408. The zero-order valence-electron chi connectivity index (χ0n) is 17.9. The first-order chi connectivity index (χ1) is 14.0. The van der Waals surface area contributed by atoms with Gasteiger partial charge < -0.3 is 25.6 Å². The van der Waals surface area contributed by atoms with Crippen LogP contribution in [0.2, 0.25) is 5.02 Å². The molecule has 2 unspecified atom stereocenters. The number of anilines is 1. The second-order valence-corrected chi connectivity index (χ2v) is 7.72. The zero-order chi connectivity index (χ0) is 21.2. The fraction of sp³-hybridized carbons (Fsp3) is 0.619. The molecular formula is C21H34ClN5O2. The van der Waals surface area contributed by atoms with Crippen LogP contribution in [0.3, 0.4) is 0 Å². The Labute approximate surface area is 179 Å². The van der Waals surface area contributed by atoms with Gasteiger partial charge in [0, 0.05) is 43.2 Å². The van der Waals surface area contributed by atoms with E-state index in [1.165, 1.54) is 0 Å². The second-order valence-electron chi connectivity index (χ2n) is 7.28. The highest BCUT2D eigenvalue weighted by Gasteiger charge is 2.25. The molecule has 29 heavy (non-hydrogen) atoms. The number of ether oxygens (including phenoxy) is 1. The van der Waals surface area contributed by atoms with Crippen molar-refractivity contribution in [1.82, 2.24) is 16.0 Å². The lowest BCUT2D eigenvalue weighted by Gasteiger charge is -2.22. The lowest BCUT2D eigenvalue weighted by Crippen LogP contribution is -2.44. The van der Waals surface area contributed by atoms with Crippen LogP contribution in [-0.2, 0) is 4.79 Å². The quantitative estimate of drug-likeness (QED) is 0.420. The number of rotatable bonds is 9. The molecule has 0 radical (unpaired) electrons. The molecule has 1 amide bonds. The number of aliphatic imine (C=N–C) groups is 1. The van der Waals surface area contributed by atoms with Gasteiger partial charge in [-0.15, -0.1) is 0 Å². The lowest BCUT2D eigenvalue weighted by molar-refractivity contribution is -0.121. The van der Waals surface area contributed by atoms with Gasteiger partial charge in [0.1, 0.15) is 5.75 Å². The fourth-order valence-electron chi connectivity index (χ4n) is 3.24. The number of amides is 1. The molecule has 0 bridgehead atoms. The molecule has 1 aromatic carbocycles. The Bertz CT molecular complexity index is 698. The first kappa shape index (κ1) is 23.1. The molecule has 1 fully saturated rings. The Morgan fingerprint density at radius 3 is 2.90 bits per heavy atom. The molecule has 2 atom stereocenters. The molecule has 0 spiro atoms. The summed E-state index contributed by atoms with van der Waals surface area (Å²) in [6, 6.07) is 6.13. The third-order valence-electron chi connectivity index (χ3n) is 4.98. The monoisotopic (exact) mass is 423 g/mol. The summed E-state index contributed by atoms with van der Waals surface area (Å²) in [6.07, 6.45) is 2.29. The molecule has 0 aromatic heterocycles. The number of carbonyl (C=O) groups excluding carboxylic acids is 1. The van der Waals surface area contributed by atoms with E-state index >= 15 is 0 Å². The van der Waals surface area contributed by atoms with Gasteiger partial charge in [0.2, 0.25) is 5.91 Å². The van der Waals surface area contributed by atoms with E-state index in [9.17, 15) is 4.79 Å². The number of benzene rings is 1. The summed E-state index contributed by atoms with van der Waals surface area (Å²) in [5, 5.41) is 10.4. The molecule has 1 heterocycles. The molecule has 162 valence electrons. The summed E-state index contributed by atoms with van der Waals surface area (Å²) >= 11 is 6.18. The predicted octanol–water partition coefficient (Wildman–Crippen LogP) is 2.79. The van der Waals surface area contributed by atoms with Crippen LogP contribution in [0.5, 0.6) is 5.75 Å². The number of hydrogen-bond donors (Lipinski definition) is 3. The van der Waals surface area contributed by atoms with Gasteiger partial charge in [0.25, 0.3) is 0 Å². The highest BCUT2D eigenvalue weighted by atomic mass is 35.5. The Hall–Kier alpha value is -2.15. The van der Waals surface area contributed by atoms with Crippen LogP contribution in [0.4, 0.5) is 5.69 Å². The molecule has 2 rings (SSSR count). The van der Waals surface area contributed by atoms with Crippen molar-refractivity contribution in [3.05, 3.63) is 23.2 Å². The number of nitrogens with zero attached hydrogens (tertiary/aromatic N) is 2. The van der Waals surface area contributed by atoms with Crippen molar-refractivity contribution < 1.29 is 9.53 Å². The SMILES string of the molecule is CCNC(=NCCC(=O)NC(C)CC)NC1CCN(c2cc(Cl)ccc2OC)C1. The van der Waals surface area contributed by atoms with Crippen LogP contribution in [-0.4, -0.2) is 57.2 Å². The molecule has 0 aliphatic carbocycles. The largest absolute Gasteiger partial charge is 0.495 e. The smallest absolute Gasteiger partial charge is 0.222 e. The minimum absolute atomic E-state index is 0.0408. The van der Waals surface area contributed by atoms with Gasteiger partial charge in [-0.05, 0) is 44.9 Å². The third kappa shape index (κ3) is 7.31. The van der Waals surface area contributed by atoms with Gasteiger partial charge in [0.15, 0.2) is 5.96 Å². The first-order valence-electron chi connectivity index (χ1n) is 10.4. The predicted molar refractivity (Wildman–Crippen MR) is 120 cm³/mol. The van der Waals surface area contributed by atoms with E-state index in [1.807, 2.05) is 32.0 Å². The highest BCUT2D eigenvalue weighted by molar-refractivity contribution is 6.30. The fourth-order valence-corrected chi connectivity index (χ4v) is 3.41. The Balaban J connectivity index is 1.91. The second kappa shape index (κ2) is 11.8. The van der Waals surface area contributed by atoms with Crippen molar-refractivity contribution in [3.8, 4) is 5.75 Å². The molecule has 1 aliphatic rings. The molecular weight excluding hydrogens is 390 g/mol. The van der Waals surface area contributed by atoms with Crippen molar-refractivity contribution >= 4 is 29.2 Å². The molecule has 1 saturated heterocycles. The van der Waals surface area contributed by atoms with E-state index in [1.54, 1.807) is 7.11 Å². The molecule has 3 N–H and O–H groups in total. The zero-order valence-corrected chi connectivity index (χ0v) is 18.7. The highest BCUT2D eigenvalue weighted by Crippen LogP contribution is 2.33. The number of guanidine groups is 1. The van der Waals surface area contributed by atoms with Gasteiger partial charge in [0.05, 0.1) is 19.3 Å². The van der Waals surface area contributed by atoms with Crippen molar-refractivity contribution in [2.24, 2.45) is 4.99 Å². The Morgan fingerprint density at radius 2 is 2.21 bits per heavy atom. The summed E-state index contributed by atoms with van der Waals surface area (Å²) in [5.74, 6) is 1.61.